The molecule has 5 nitrogen and oxygen atoms in total. The second kappa shape index (κ2) is 4.81. The van der Waals surface area contributed by atoms with Gasteiger partial charge >= 0.3 is 6.09 Å². The average Bonchev–Trinajstić information content (AvgIpc) is 2.81. The summed E-state index contributed by atoms with van der Waals surface area (Å²) in [4.78, 5) is 25.5. The standard InChI is InChI=1S/C15H18N2O3/c1-11-4-2-3-5-12(11)13(18)17-8-6-15(7-9-17)10-16-14(19)20-15/h2-5H,6-10H2,1H3,(H,16,19). The van der Waals surface area contributed by atoms with Crippen LogP contribution in [0.3, 0.4) is 0 Å². The molecular weight excluding hydrogens is 256 g/mol. The Morgan fingerprint density at radius 3 is 2.60 bits per heavy atom. The molecule has 0 saturated carbocycles. The maximum atomic E-state index is 12.5. The zero-order valence-corrected chi connectivity index (χ0v) is 11.5. The van der Waals surface area contributed by atoms with E-state index in [1.807, 2.05) is 36.1 Å². The summed E-state index contributed by atoms with van der Waals surface area (Å²) in [6, 6.07) is 7.62. The molecule has 0 aliphatic carbocycles. The predicted molar refractivity (Wildman–Crippen MR) is 73.5 cm³/mol. The number of benzene rings is 1. The Bertz CT molecular complexity index is 548. The molecule has 20 heavy (non-hydrogen) atoms. The first-order valence-corrected chi connectivity index (χ1v) is 6.91. The molecule has 1 spiro atoms. The Kier molecular flexibility index (Phi) is 3.12. The minimum absolute atomic E-state index is 0.0650. The third-order valence-electron chi connectivity index (χ3n) is 4.20. The van der Waals surface area contributed by atoms with Crippen molar-refractivity contribution in [1.82, 2.24) is 10.2 Å². The van der Waals surface area contributed by atoms with Crippen LogP contribution in [0, 0.1) is 6.92 Å². The minimum Gasteiger partial charge on any atom is -0.441 e. The quantitative estimate of drug-likeness (QED) is 0.848. The van der Waals surface area contributed by atoms with Gasteiger partial charge in [-0.05, 0) is 18.6 Å². The zero-order chi connectivity index (χ0) is 14.2. The lowest BCUT2D eigenvalue weighted by molar-refractivity contribution is 0.00329. The highest BCUT2D eigenvalue weighted by Gasteiger charge is 2.43. The minimum atomic E-state index is -0.403. The van der Waals surface area contributed by atoms with Crippen LogP contribution in [0.5, 0.6) is 0 Å². The van der Waals surface area contributed by atoms with Crippen LogP contribution in [0.4, 0.5) is 4.79 Å². The van der Waals surface area contributed by atoms with E-state index in [9.17, 15) is 9.59 Å². The Hall–Kier alpha value is -2.04. The molecule has 0 aromatic heterocycles. The lowest BCUT2D eigenvalue weighted by Gasteiger charge is -2.37. The third kappa shape index (κ3) is 2.24. The van der Waals surface area contributed by atoms with Crippen molar-refractivity contribution in [2.24, 2.45) is 0 Å². The van der Waals surface area contributed by atoms with Crippen LogP contribution in [0.1, 0.15) is 28.8 Å². The molecule has 5 heteroatoms. The van der Waals surface area contributed by atoms with Crippen LogP contribution >= 0.6 is 0 Å². The second-order valence-corrected chi connectivity index (χ2v) is 5.53. The van der Waals surface area contributed by atoms with Gasteiger partial charge in [-0.15, -0.1) is 0 Å². The Morgan fingerprint density at radius 1 is 1.30 bits per heavy atom. The summed E-state index contributed by atoms with van der Waals surface area (Å²) < 4.78 is 5.36. The number of hydrogen-bond acceptors (Lipinski definition) is 3. The number of likely N-dealkylation sites (tertiary alicyclic amines) is 1. The van der Waals surface area contributed by atoms with Crippen LogP contribution in [-0.4, -0.2) is 42.1 Å². The molecule has 2 aliphatic heterocycles. The molecule has 2 saturated heterocycles. The van der Waals surface area contributed by atoms with Crippen molar-refractivity contribution >= 4 is 12.0 Å². The van der Waals surface area contributed by atoms with Crippen molar-refractivity contribution in [3.8, 4) is 0 Å². The van der Waals surface area contributed by atoms with Crippen LogP contribution in [-0.2, 0) is 4.74 Å². The normalized spacial score (nSPS) is 20.6. The Balaban J connectivity index is 1.68. The van der Waals surface area contributed by atoms with E-state index in [4.69, 9.17) is 4.74 Å². The van der Waals surface area contributed by atoms with Crippen molar-refractivity contribution in [2.75, 3.05) is 19.6 Å². The topological polar surface area (TPSA) is 58.6 Å². The van der Waals surface area contributed by atoms with Crippen molar-refractivity contribution in [3.05, 3.63) is 35.4 Å². The summed E-state index contributed by atoms with van der Waals surface area (Å²) in [7, 11) is 0. The van der Waals surface area contributed by atoms with E-state index in [-0.39, 0.29) is 12.0 Å². The molecule has 0 atom stereocenters. The number of carbonyl (C=O) groups is 2. The van der Waals surface area contributed by atoms with Gasteiger partial charge in [-0.3, -0.25) is 4.79 Å². The van der Waals surface area contributed by atoms with Gasteiger partial charge in [-0.25, -0.2) is 4.79 Å². The van der Waals surface area contributed by atoms with Gasteiger partial charge in [0.25, 0.3) is 5.91 Å². The number of ether oxygens (including phenoxy) is 1. The third-order valence-corrected chi connectivity index (χ3v) is 4.20. The van der Waals surface area contributed by atoms with Gasteiger partial charge in [0, 0.05) is 31.5 Å². The van der Waals surface area contributed by atoms with E-state index in [1.54, 1.807) is 0 Å². The molecule has 1 N–H and O–H groups in total. The average molecular weight is 274 g/mol. The number of hydrogen-bond donors (Lipinski definition) is 1. The maximum Gasteiger partial charge on any atom is 0.407 e. The molecule has 1 aromatic carbocycles. The monoisotopic (exact) mass is 274 g/mol. The number of carbonyl (C=O) groups excluding carboxylic acids is 2. The van der Waals surface area contributed by atoms with Gasteiger partial charge in [0.15, 0.2) is 0 Å². The fourth-order valence-corrected chi connectivity index (χ4v) is 2.88. The number of rotatable bonds is 1. The molecule has 106 valence electrons. The van der Waals surface area contributed by atoms with Crippen LogP contribution < -0.4 is 5.32 Å². The molecule has 3 rings (SSSR count). The molecule has 2 heterocycles. The van der Waals surface area contributed by atoms with Crippen molar-refractivity contribution in [3.63, 3.8) is 0 Å². The van der Waals surface area contributed by atoms with E-state index in [2.05, 4.69) is 5.32 Å². The van der Waals surface area contributed by atoms with Gasteiger partial charge in [0.2, 0.25) is 0 Å². The first kappa shape index (κ1) is 13.0. The molecule has 0 radical (unpaired) electrons. The van der Waals surface area contributed by atoms with Crippen LogP contribution in [0.2, 0.25) is 0 Å². The highest BCUT2D eigenvalue weighted by molar-refractivity contribution is 5.95. The van der Waals surface area contributed by atoms with Gasteiger partial charge in [0.1, 0.15) is 5.60 Å². The highest BCUT2D eigenvalue weighted by Crippen LogP contribution is 2.30. The highest BCUT2D eigenvalue weighted by atomic mass is 16.6. The van der Waals surface area contributed by atoms with Gasteiger partial charge in [0.05, 0.1) is 6.54 Å². The van der Waals surface area contributed by atoms with Crippen molar-refractivity contribution < 1.29 is 14.3 Å². The number of amides is 2. The molecule has 2 fully saturated rings. The maximum absolute atomic E-state index is 12.5. The van der Waals surface area contributed by atoms with Crippen molar-refractivity contribution in [1.29, 1.82) is 0 Å². The van der Waals surface area contributed by atoms with E-state index in [1.165, 1.54) is 0 Å². The van der Waals surface area contributed by atoms with E-state index >= 15 is 0 Å². The first-order valence-electron chi connectivity index (χ1n) is 6.91. The van der Waals surface area contributed by atoms with Crippen LogP contribution in [0.25, 0.3) is 0 Å². The summed E-state index contributed by atoms with van der Waals surface area (Å²) in [5.74, 6) is 0.0650. The molecule has 1 aromatic rings. The van der Waals surface area contributed by atoms with Gasteiger partial charge in [-0.2, -0.15) is 0 Å². The van der Waals surface area contributed by atoms with Crippen LogP contribution in [0.15, 0.2) is 24.3 Å². The first-order chi connectivity index (χ1) is 9.60. The number of nitrogens with zero attached hydrogens (tertiary/aromatic N) is 1. The molecule has 2 aliphatic rings. The largest absolute Gasteiger partial charge is 0.441 e. The number of alkyl carbamates (subject to hydrolysis) is 1. The summed E-state index contributed by atoms with van der Waals surface area (Å²) >= 11 is 0. The molecular formula is C15H18N2O3. The number of aryl methyl sites for hydroxylation is 1. The SMILES string of the molecule is Cc1ccccc1C(=O)N1CCC2(CC1)CNC(=O)O2. The van der Waals surface area contributed by atoms with Gasteiger partial charge in [-0.1, -0.05) is 18.2 Å². The molecule has 0 unspecified atom stereocenters. The fraction of sp³-hybridized carbons (Fsp3) is 0.467. The van der Waals surface area contributed by atoms with E-state index in [0.29, 0.717) is 32.5 Å². The summed E-state index contributed by atoms with van der Waals surface area (Å²) in [5, 5.41) is 2.70. The second-order valence-electron chi connectivity index (χ2n) is 5.53. The summed E-state index contributed by atoms with van der Waals surface area (Å²) in [5.41, 5.74) is 1.34. The Morgan fingerprint density at radius 2 is 2.00 bits per heavy atom. The molecule has 0 bridgehead atoms. The van der Waals surface area contributed by atoms with E-state index in [0.717, 1.165) is 11.1 Å². The van der Waals surface area contributed by atoms with E-state index < -0.39 is 5.60 Å². The van der Waals surface area contributed by atoms with Crippen molar-refractivity contribution in [2.45, 2.75) is 25.4 Å². The molecule has 2 amide bonds. The zero-order valence-electron chi connectivity index (χ0n) is 11.5. The fourth-order valence-electron chi connectivity index (χ4n) is 2.88. The lowest BCUT2D eigenvalue weighted by Crippen LogP contribution is -2.48. The Labute approximate surface area is 117 Å². The number of nitrogens with one attached hydrogen (secondary N) is 1. The lowest BCUT2D eigenvalue weighted by atomic mass is 9.91. The predicted octanol–water partition coefficient (Wildman–Crippen LogP) is 1.71. The summed E-state index contributed by atoms with van der Waals surface area (Å²) in [6.07, 6.45) is 1.05. The smallest absolute Gasteiger partial charge is 0.407 e. The number of piperidine rings is 1. The summed E-state index contributed by atoms with van der Waals surface area (Å²) in [6.45, 7) is 3.75. The van der Waals surface area contributed by atoms with Gasteiger partial charge < -0.3 is 15.0 Å².